The van der Waals surface area contributed by atoms with Gasteiger partial charge in [0.2, 0.25) is 10.9 Å². The van der Waals surface area contributed by atoms with E-state index in [0.29, 0.717) is 11.8 Å². The number of nitrogens with zero attached hydrogens (tertiary/aromatic N) is 3. The summed E-state index contributed by atoms with van der Waals surface area (Å²) in [6, 6.07) is 8.63. The van der Waals surface area contributed by atoms with Crippen molar-refractivity contribution in [3.8, 4) is 0 Å². The summed E-state index contributed by atoms with van der Waals surface area (Å²) in [5.41, 5.74) is 1.11. The lowest BCUT2D eigenvalue weighted by Crippen LogP contribution is -2.39. The molecule has 2 heterocycles. The Bertz CT molecular complexity index is 898. The predicted octanol–water partition coefficient (Wildman–Crippen LogP) is 3.34. The molecule has 2 saturated carbocycles. The topological polar surface area (TPSA) is 59.3 Å². The van der Waals surface area contributed by atoms with Gasteiger partial charge in [0.05, 0.1) is 16.0 Å². The van der Waals surface area contributed by atoms with Crippen LogP contribution in [0.1, 0.15) is 25.7 Å². The SMILES string of the molecule is O=C(CSc1nnc2sc3ccccc3n12)NC(C1CC1)C1CC1. The maximum Gasteiger partial charge on any atom is 0.230 e. The fourth-order valence-corrected chi connectivity index (χ4v) is 5.12. The van der Waals surface area contributed by atoms with E-state index in [1.165, 1.54) is 42.1 Å². The number of hydrogen-bond acceptors (Lipinski definition) is 5. The molecule has 24 heavy (non-hydrogen) atoms. The van der Waals surface area contributed by atoms with Crippen LogP contribution >= 0.6 is 23.1 Å². The van der Waals surface area contributed by atoms with Crippen LogP contribution in [0.3, 0.4) is 0 Å². The normalized spacial score (nSPS) is 17.9. The Kier molecular flexibility index (Phi) is 3.52. The third-order valence-electron chi connectivity index (χ3n) is 4.83. The third kappa shape index (κ3) is 2.69. The number of fused-ring (bicyclic) bond motifs is 3. The van der Waals surface area contributed by atoms with E-state index in [4.69, 9.17) is 0 Å². The molecule has 0 bridgehead atoms. The molecular weight excluding hydrogens is 340 g/mol. The zero-order chi connectivity index (χ0) is 16.1. The van der Waals surface area contributed by atoms with Crippen molar-refractivity contribution in [3.05, 3.63) is 24.3 Å². The molecule has 2 aliphatic rings. The van der Waals surface area contributed by atoms with Gasteiger partial charge < -0.3 is 5.32 Å². The van der Waals surface area contributed by atoms with E-state index in [1.807, 2.05) is 12.1 Å². The van der Waals surface area contributed by atoms with E-state index in [-0.39, 0.29) is 5.91 Å². The van der Waals surface area contributed by atoms with E-state index in [0.717, 1.165) is 27.5 Å². The second-order valence-corrected chi connectivity index (χ2v) is 8.68. The molecule has 7 heteroatoms. The Hall–Kier alpha value is -1.60. The highest BCUT2D eigenvalue weighted by Gasteiger charge is 2.42. The van der Waals surface area contributed by atoms with Crippen LogP contribution in [-0.4, -0.2) is 32.3 Å². The van der Waals surface area contributed by atoms with Crippen LogP contribution < -0.4 is 5.32 Å². The van der Waals surface area contributed by atoms with Gasteiger partial charge in [-0.25, -0.2) is 0 Å². The highest BCUT2D eigenvalue weighted by molar-refractivity contribution is 7.99. The van der Waals surface area contributed by atoms with Crippen LogP contribution in [0.15, 0.2) is 29.4 Å². The van der Waals surface area contributed by atoms with Crippen molar-refractivity contribution in [3.63, 3.8) is 0 Å². The van der Waals surface area contributed by atoms with Crippen LogP contribution in [0.4, 0.5) is 0 Å². The van der Waals surface area contributed by atoms with Gasteiger partial charge in [0, 0.05) is 6.04 Å². The molecule has 0 atom stereocenters. The second kappa shape index (κ2) is 5.74. The average Bonchev–Trinajstić information content (AvgIpc) is 3.50. The Morgan fingerprint density at radius 3 is 2.75 bits per heavy atom. The largest absolute Gasteiger partial charge is 0.352 e. The number of benzene rings is 1. The van der Waals surface area contributed by atoms with Gasteiger partial charge in [0.15, 0.2) is 5.16 Å². The minimum Gasteiger partial charge on any atom is -0.352 e. The van der Waals surface area contributed by atoms with Crippen LogP contribution in [0.2, 0.25) is 0 Å². The summed E-state index contributed by atoms with van der Waals surface area (Å²) in [7, 11) is 0. The highest BCUT2D eigenvalue weighted by Crippen LogP contribution is 2.44. The summed E-state index contributed by atoms with van der Waals surface area (Å²) < 4.78 is 3.24. The molecule has 2 fully saturated rings. The van der Waals surface area contributed by atoms with E-state index in [9.17, 15) is 4.79 Å². The molecule has 2 aliphatic carbocycles. The lowest BCUT2D eigenvalue weighted by atomic mass is 10.1. The smallest absolute Gasteiger partial charge is 0.230 e. The number of amides is 1. The molecule has 2 aromatic heterocycles. The zero-order valence-corrected chi connectivity index (χ0v) is 14.8. The maximum absolute atomic E-state index is 12.4. The molecule has 0 radical (unpaired) electrons. The molecule has 0 aliphatic heterocycles. The number of rotatable bonds is 6. The first-order chi connectivity index (χ1) is 11.8. The van der Waals surface area contributed by atoms with Gasteiger partial charge >= 0.3 is 0 Å². The number of nitrogens with one attached hydrogen (secondary N) is 1. The van der Waals surface area contributed by atoms with Crippen LogP contribution in [0.5, 0.6) is 0 Å². The number of aromatic nitrogens is 3. The molecule has 1 amide bonds. The third-order valence-corrected chi connectivity index (χ3v) is 6.77. The summed E-state index contributed by atoms with van der Waals surface area (Å²) in [5, 5.41) is 12.6. The second-order valence-electron chi connectivity index (χ2n) is 6.73. The number of thiazole rings is 1. The molecule has 3 aromatic rings. The Labute approximate surface area is 147 Å². The van der Waals surface area contributed by atoms with Crippen molar-refractivity contribution in [2.75, 3.05) is 5.75 Å². The monoisotopic (exact) mass is 358 g/mol. The standard InChI is InChI=1S/C17H18N4OS2/c22-14(18-15(10-5-6-10)11-7-8-11)9-23-16-19-20-17-21(16)12-3-1-2-4-13(12)24-17/h1-4,10-11,15H,5-9H2,(H,18,22). The Morgan fingerprint density at radius 2 is 2.00 bits per heavy atom. The van der Waals surface area contributed by atoms with E-state index in [1.54, 1.807) is 11.3 Å². The van der Waals surface area contributed by atoms with Gasteiger partial charge in [-0.15, -0.1) is 10.2 Å². The number of para-hydroxylation sites is 1. The van der Waals surface area contributed by atoms with Crippen molar-refractivity contribution in [1.82, 2.24) is 19.9 Å². The number of carbonyl (C=O) groups excluding carboxylic acids is 1. The highest BCUT2D eigenvalue weighted by atomic mass is 32.2. The first kappa shape index (κ1) is 14.7. The minimum absolute atomic E-state index is 0.125. The van der Waals surface area contributed by atoms with Crippen molar-refractivity contribution in [2.24, 2.45) is 11.8 Å². The average molecular weight is 358 g/mol. The molecule has 1 aromatic carbocycles. The van der Waals surface area contributed by atoms with Gasteiger partial charge in [-0.2, -0.15) is 0 Å². The number of thioether (sulfide) groups is 1. The van der Waals surface area contributed by atoms with Crippen molar-refractivity contribution in [2.45, 2.75) is 36.9 Å². The lowest BCUT2D eigenvalue weighted by molar-refractivity contribution is -0.119. The van der Waals surface area contributed by atoms with Gasteiger partial charge in [-0.3, -0.25) is 9.20 Å². The van der Waals surface area contributed by atoms with E-state index in [2.05, 4.69) is 32.0 Å². The lowest BCUT2D eigenvalue weighted by Gasteiger charge is -2.17. The molecule has 1 N–H and O–H groups in total. The maximum atomic E-state index is 12.4. The molecule has 0 saturated heterocycles. The van der Waals surface area contributed by atoms with Gasteiger partial charge in [0.25, 0.3) is 0 Å². The van der Waals surface area contributed by atoms with Gasteiger partial charge in [-0.1, -0.05) is 35.2 Å². The Balaban J connectivity index is 1.31. The number of carbonyl (C=O) groups is 1. The molecule has 5 rings (SSSR count). The van der Waals surface area contributed by atoms with Crippen molar-refractivity contribution < 1.29 is 4.79 Å². The molecule has 0 spiro atoms. The molecular formula is C17H18N4OS2. The summed E-state index contributed by atoms with van der Waals surface area (Å²) >= 11 is 3.10. The Morgan fingerprint density at radius 1 is 1.25 bits per heavy atom. The fourth-order valence-electron chi connectivity index (χ4n) is 3.34. The summed E-state index contributed by atoms with van der Waals surface area (Å²) in [6.45, 7) is 0. The minimum atomic E-state index is 0.125. The van der Waals surface area contributed by atoms with E-state index >= 15 is 0 Å². The fraction of sp³-hybridized carbons (Fsp3) is 0.471. The molecule has 124 valence electrons. The van der Waals surface area contributed by atoms with Crippen molar-refractivity contribution in [1.29, 1.82) is 0 Å². The zero-order valence-electron chi connectivity index (χ0n) is 13.1. The number of hydrogen-bond donors (Lipinski definition) is 1. The first-order valence-corrected chi connectivity index (χ1v) is 10.2. The van der Waals surface area contributed by atoms with Gasteiger partial charge in [-0.05, 0) is 49.7 Å². The summed E-state index contributed by atoms with van der Waals surface area (Å²) in [6.07, 6.45) is 5.11. The van der Waals surface area contributed by atoms with E-state index < -0.39 is 0 Å². The quantitative estimate of drug-likeness (QED) is 0.687. The van der Waals surface area contributed by atoms with Gasteiger partial charge in [0.1, 0.15) is 0 Å². The molecule has 0 unspecified atom stereocenters. The first-order valence-electron chi connectivity index (χ1n) is 8.44. The van der Waals surface area contributed by atoms with Crippen LogP contribution in [0, 0.1) is 11.8 Å². The summed E-state index contributed by atoms with van der Waals surface area (Å²) in [5.74, 6) is 1.99. The summed E-state index contributed by atoms with van der Waals surface area (Å²) in [4.78, 5) is 13.2. The van der Waals surface area contributed by atoms with Crippen LogP contribution in [0.25, 0.3) is 15.2 Å². The van der Waals surface area contributed by atoms with Crippen LogP contribution in [-0.2, 0) is 4.79 Å². The van der Waals surface area contributed by atoms with Crippen molar-refractivity contribution >= 4 is 44.2 Å². The molecule has 5 nitrogen and oxygen atoms in total. The predicted molar refractivity (Wildman–Crippen MR) is 96.5 cm³/mol.